The molecule has 0 saturated carbocycles. The number of nitrogens with one attached hydrogen (secondary N) is 1. The molecule has 10 heteroatoms. The number of carbonyl (C=O) groups excluding carboxylic acids is 1. The highest BCUT2D eigenvalue weighted by molar-refractivity contribution is 5.76. The number of carbonyl (C=O) groups is 1. The zero-order chi connectivity index (χ0) is 19.5. The molecule has 4 rings (SSSR count). The van der Waals surface area contributed by atoms with E-state index < -0.39 is 5.56 Å². The maximum absolute atomic E-state index is 12.7. The summed E-state index contributed by atoms with van der Waals surface area (Å²) in [6.45, 7) is 1.03. The first-order valence-corrected chi connectivity index (χ1v) is 8.99. The fourth-order valence-electron chi connectivity index (χ4n) is 3.10. The van der Waals surface area contributed by atoms with Crippen LogP contribution in [0.3, 0.4) is 0 Å². The van der Waals surface area contributed by atoms with Crippen molar-refractivity contribution in [3.05, 3.63) is 40.9 Å². The molecule has 1 atom stereocenters. The van der Waals surface area contributed by atoms with E-state index in [1.165, 1.54) is 15.6 Å². The fraction of sp³-hybridized carbons (Fsp3) is 0.389. The number of ether oxygens (including phenoxy) is 2. The van der Waals surface area contributed by atoms with Crippen LogP contribution in [0.2, 0.25) is 0 Å². The van der Waals surface area contributed by atoms with Crippen molar-refractivity contribution in [3.8, 4) is 11.4 Å². The zero-order valence-electron chi connectivity index (χ0n) is 15.4. The average Bonchev–Trinajstić information content (AvgIpc) is 3.39. The predicted molar refractivity (Wildman–Crippen MR) is 99.5 cm³/mol. The second-order valence-electron chi connectivity index (χ2n) is 6.49. The highest BCUT2D eigenvalue weighted by Crippen LogP contribution is 2.16. The lowest BCUT2D eigenvalue weighted by atomic mass is 10.2. The SMILES string of the molecule is COc1ccc(-n2nnc3c(=O)n(CC(=O)NC[C@H]4CCCO4)cnc32)cc1. The fourth-order valence-corrected chi connectivity index (χ4v) is 3.10. The van der Waals surface area contributed by atoms with Crippen molar-refractivity contribution >= 4 is 17.1 Å². The maximum Gasteiger partial charge on any atom is 0.284 e. The molecule has 1 aliphatic rings. The number of hydrogen-bond donors (Lipinski definition) is 1. The molecule has 3 heterocycles. The Balaban J connectivity index is 1.52. The maximum atomic E-state index is 12.7. The van der Waals surface area contributed by atoms with Crippen LogP contribution in [0.5, 0.6) is 5.75 Å². The van der Waals surface area contributed by atoms with E-state index in [2.05, 4.69) is 20.6 Å². The van der Waals surface area contributed by atoms with E-state index in [1.807, 2.05) is 0 Å². The molecule has 0 spiro atoms. The van der Waals surface area contributed by atoms with Crippen molar-refractivity contribution in [2.24, 2.45) is 0 Å². The summed E-state index contributed by atoms with van der Waals surface area (Å²) in [7, 11) is 1.58. The van der Waals surface area contributed by atoms with Gasteiger partial charge in [-0.2, -0.15) is 4.68 Å². The molecular weight excluding hydrogens is 364 g/mol. The summed E-state index contributed by atoms with van der Waals surface area (Å²) in [5.74, 6) is 0.429. The van der Waals surface area contributed by atoms with Gasteiger partial charge in [-0.3, -0.25) is 14.2 Å². The van der Waals surface area contributed by atoms with E-state index in [9.17, 15) is 9.59 Å². The number of methoxy groups -OCH3 is 1. The van der Waals surface area contributed by atoms with Gasteiger partial charge in [-0.15, -0.1) is 5.10 Å². The van der Waals surface area contributed by atoms with Gasteiger partial charge in [-0.05, 0) is 37.1 Å². The number of amides is 1. The average molecular weight is 384 g/mol. The molecule has 0 aliphatic carbocycles. The minimum atomic E-state index is -0.419. The molecule has 3 aromatic rings. The molecule has 1 saturated heterocycles. The van der Waals surface area contributed by atoms with Gasteiger partial charge in [0, 0.05) is 13.2 Å². The van der Waals surface area contributed by atoms with Gasteiger partial charge in [0.2, 0.25) is 5.91 Å². The number of rotatable bonds is 6. The van der Waals surface area contributed by atoms with Gasteiger partial charge in [-0.1, -0.05) is 5.21 Å². The van der Waals surface area contributed by atoms with Crippen LogP contribution in [-0.2, 0) is 16.1 Å². The number of hydrogen-bond acceptors (Lipinski definition) is 7. The molecule has 1 aromatic carbocycles. The first-order valence-electron chi connectivity index (χ1n) is 8.99. The second kappa shape index (κ2) is 7.77. The van der Waals surface area contributed by atoms with Crippen LogP contribution in [0.25, 0.3) is 16.9 Å². The summed E-state index contributed by atoms with van der Waals surface area (Å²) in [5, 5.41) is 10.8. The van der Waals surface area contributed by atoms with Crippen LogP contribution in [0.1, 0.15) is 12.8 Å². The molecule has 1 N–H and O–H groups in total. The van der Waals surface area contributed by atoms with Crippen LogP contribution in [0, 0.1) is 0 Å². The molecule has 0 unspecified atom stereocenters. The number of nitrogens with zero attached hydrogens (tertiary/aromatic N) is 5. The Morgan fingerprint density at radius 3 is 2.89 bits per heavy atom. The van der Waals surface area contributed by atoms with Gasteiger partial charge in [0.1, 0.15) is 18.6 Å². The quantitative estimate of drug-likeness (QED) is 0.649. The third kappa shape index (κ3) is 3.58. The summed E-state index contributed by atoms with van der Waals surface area (Å²) in [5.41, 5.74) is 0.704. The van der Waals surface area contributed by atoms with E-state index >= 15 is 0 Å². The molecular formula is C18H20N6O4. The topological polar surface area (TPSA) is 113 Å². The van der Waals surface area contributed by atoms with Gasteiger partial charge >= 0.3 is 0 Å². The number of aromatic nitrogens is 5. The van der Waals surface area contributed by atoms with Gasteiger partial charge in [-0.25, -0.2) is 4.98 Å². The molecule has 1 amide bonds. The van der Waals surface area contributed by atoms with Crippen molar-refractivity contribution in [2.45, 2.75) is 25.5 Å². The number of fused-ring (bicyclic) bond motifs is 1. The molecule has 0 bridgehead atoms. The van der Waals surface area contributed by atoms with Crippen molar-refractivity contribution in [1.29, 1.82) is 0 Å². The van der Waals surface area contributed by atoms with E-state index in [0.29, 0.717) is 23.6 Å². The van der Waals surface area contributed by atoms with E-state index in [-0.39, 0.29) is 24.1 Å². The highest BCUT2D eigenvalue weighted by atomic mass is 16.5. The second-order valence-corrected chi connectivity index (χ2v) is 6.49. The monoisotopic (exact) mass is 384 g/mol. The normalized spacial score (nSPS) is 16.4. The third-order valence-electron chi connectivity index (χ3n) is 4.61. The lowest BCUT2D eigenvalue weighted by Crippen LogP contribution is -2.36. The lowest BCUT2D eigenvalue weighted by Gasteiger charge is -2.11. The van der Waals surface area contributed by atoms with Crippen molar-refractivity contribution in [1.82, 2.24) is 29.9 Å². The summed E-state index contributed by atoms with van der Waals surface area (Å²) in [4.78, 5) is 29.1. The van der Waals surface area contributed by atoms with E-state index in [4.69, 9.17) is 9.47 Å². The molecule has 0 radical (unpaired) electrons. The largest absolute Gasteiger partial charge is 0.497 e. The van der Waals surface area contributed by atoms with Crippen molar-refractivity contribution in [2.75, 3.05) is 20.3 Å². The lowest BCUT2D eigenvalue weighted by molar-refractivity contribution is -0.122. The smallest absolute Gasteiger partial charge is 0.284 e. The van der Waals surface area contributed by atoms with Gasteiger partial charge in [0.05, 0.1) is 18.9 Å². The molecule has 146 valence electrons. The minimum absolute atomic E-state index is 0.0469. The Bertz CT molecular complexity index is 1040. The summed E-state index contributed by atoms with van der Waals surface area (Å²) < 4.78 is 13.3. The Morgan fingerprint density at radius 1 is 1.36 bits per heavy atom. The van der Waals surface area contributed by atoms with E-state index in [0.717, 1.165) is 19.4 Å². The standard InChI is InChI=1S/C18H20N6O4/c1-27-13-6-4-12(5-7-13)24-17-16(21-22-24)18(26)23(11-20-17)10-15(25)19-9-14-3-2-8-28-14/h4-7,11,14H,2-3,8-10H2,1H3,(H,19,25)/t14-/m1/s1. The molecule has 10 nitrogen and oxygen atoms in total. The Morgan fingerprint density at radius 2 is 2.18 bits per heavy atom. The zero-order valence-corrected chi connectivity index (χ0v) is 15.4. The summed E-state index contributed by atoms with van der Waals surface area (Å²) in [6.07, 6.45) is 3.32. The van der Waals surface area contributed by atoms with Crippen LogP contribution in [0.15, 0.2) is 35.4 Å². The Kier molecular flexibility index (Phi) is 5.02. The first-order chi connectivity index (χ1) is 13.7. The van der Waals surface area contributed by atoms with Crippen LogP contribution in [0.4, 0.5) is 0 Å². The summed E-state index contributed by atoms with van der Waals surface area (Å²) >= 11 is 0. The van der Waals surface area contributed by atoms with Crippen LogP contribution in [-0.4, -0.2) is 56.8 Å². The molecule has 2 aromatic heterocycles. The Hall–Kier alpha value is -3.27. The van der Waals surface area contributed by atoms with E-state index in [1.54, 1.807) is 31.4 Å². The number of benzene rings is 1. The first kappa shape index (κ1) is 18.1. The van der Waals surface area contributed by atoms with Gasteiger partial charge < -0.3 is 14.8 Å². The van der Waals surface area contributed by atoms with Gasteiger partial charge in [0.25, 0.3) is 5.56 Å². The third-order valence-corrected chi connectivity index (χ3v) is 4.61. The predicted octanol–water partition coefficient (Wildman–Crippen LogP) is 0.281. The minimum Gasteiger partial charge on any atom is -0.497 e. The van der Waals surface area contributed by atoms with Crippen LogP contribution < -0.4 is 15.6 Å². The Labute approximate surface area is 160 Å². The van der Waals surface area contributed by atoms with Crippen molar-refractivity contribution in [3.63, 3.8) is 0 Å². The molecule has 1 fully saturated rings. The van der Waals surface area contributed by atoms with Crippen molar-refractivity contribution < 1.29 is 14.3 Å². The summed E-state index contributed by atoms with van der Waals surface area (Å²) in [6, 6.07) is 7.14. The van der Waals surface area contributed by atoms with Crippen LogP contribution >= 0.6 is 0 Å². The highest BCUT2D eigenvalue weighted by Gasteiger charge is 2.18. The van der Waals surface area contributed by atoms with Gasteiger partial charge in [0.15, 0.2) is 11.2 Å². The molecule has 1 aliphatic heterocycles. The molecule has 28 heavy (non-hydrogen) atoms.